The number of carbonyl (C=O) groups excluding carboxylic acids is 1. The molecule has 3 atom stereocenters. The van der Waals surface area contributed by atoms with Gasteiger partial charge in [0.15, 0.2) is 6.61 Å². The third-order valence-corrected chi connectivity index (χ3v) is 7.13. The van der Waals surface area contributed by atoms with Crippen LogP contribution in [0.3, 0.4) is 0 Å². The van der Waals surface area contributed by atoms with E-state index < -0.39 is 0 Å². The summed E-state index contributed by atoms with van der Waals surface area (Å²) in [5.74, 6) is 2.16. The van der Waals surface area contributed by atoms with Crippen LogP contribution < -0.4 is 9.64 Å². The fourth-order valence-electron chi connectivity index (χ4n) is 5.39. The molecule has 3 heterocycles. The van der Waals surface area contributed by atoms with E-state index in [0.29, 0.717) is 18.0 Å². The third kappa shape index (κ3) is 4.42. The van der Waals surface area contributed by atoms with Gasteiger partial charge in [-0.05, 0) is 62.5 Å². The third-order valence-electron chi connectivity index (χ3n) is 7.13. The number of carbonyl (C=O) groups is 1. The summed E-state index contributed by atoms with van der Waals surface area (Å²) in [7, 11) is 0. The SMILES string of the molecule is CC(CN1C(=O)COc2ccccc21)CN1C2CCC1CC(=CCOCC1CC1)C2. The average molecular weight is 411 g/mol. The van der Waals surface area contributed by atoms with E-state index in [0.717, 1.165) is 43.7 Å². The molecular weight excluding hydrogens is 376 g/mol. The summed E-state index contributed by atoms with van der Waals surface area (Å²) < 4.78 is 11.4. The highest BCUT2D eigenvalue weighted by molar-refractivity contribution is 5.97. The molecule has 1 aliphatic carbocycles. The molecule has 1 saturated carbocycles. The largest absolute Gasteiger partial charge is 0.482 e. The molecule has 3 unspecified atom stereocenters. The predicted molar refractivity (Wildman–Crippen MR) is 118 cm³/mol. The molecule has 5 rings (SSSR count). The van der Waals surface area contributed by atoms with Crippen molar-refractivity contribution in [3.05, 3.63) is 35.9 Å². The quantitative estimate of drug-likeness (QED) is 0.479. The van der Waals surface area contributed by atoms with E-state index in [1.165, 1.54) is 38.5 Å². The Morgan fingerprint density at radius 3 is 2.67 bits per heavy atom. The van der Waals surface area contributed by atoms with Gasteiger partial charge in [0.05, 0.1) is 12.3 Å². The van der Waals surface area contributed by atoms with Gasteiger partial charge in [0.25, 0.3) is 5.91 Å². The van der Waals surface area contributed by atoms with Gasteiger partial charge in [-0.1, -0.05) is 30.7 Å². The summed E-state index contributed by atoms with van der Waals surface area (Å²) >= 11 is 0. The molecule has 0 N–H and O–H groups in total. The lowest BCUT2D eigenvalue weighted by molar-refractivity contribution is -0.121. The van der Waals surface area contributed by atoms with Crippen LogP contribution in [-0.2, 0) is 9.53 Å². The summed E-state index contributed by atoms with van der Waals surface area (Å²) in [6, 6.07) is 9.20. The van der Waals surface area contributed by atoms with Gasteiger partial charge >= 0.3 is 0 Å². The molecule has 1 amide bonds. The zero-order chi connectivity index (χ0) is 20.5. The lowest BCUT2D eigenvalue weighted by Crippen LogP contribution is -2.47. The summed E-state index contributed by atoms with van der Waals surface area (Å²) in [6.07, 6.45) is 10.1. The highest BCUT2D eigenvalue weighted by Gasteiger charge is 2.39. The average Bonchev–Trinajstić information content (AvgIpc) is 3.54. The maximum Gasteiger partial charge on any atom is 0.265 e. The number of hydrogen-bond donors (Lipinski definition) is 0. The van der Waals surface area contributed by atoms with Crippen LogP contribution in [0.1, 0.15) is 45.4 Å². The number of rotatable bonds is 8. The second-order valence-electron chi connectivity index (χ2n) is 9.70. The van der Waals surface area contributed by atoms with Crippen molar-refractivity contribution in [1.82, 2.24) is 4.90 Å². The predicted octanol–water partition coefficient (Wildman–Crippen LogP) is 4.03. The minimum absolute atomic E-state index is 0.0681. The van der Waals surface area contributed by atoms with Gasteiger partial charge in [-0.15, -0.1) is 0 Å². The zero-order valence-electron chi connectivity index (χ0n) is 18.1. The Labute approximate surface area is 180 Å². The first kappa shape index (κ1) is 20.1. The number of ether oxygens (including phenoxy) is 2. The summed E-state index contributed by atoms with van der Waals surface area (Å²) in [4.78, 5) is 17.2. The molecule has 2 saturated heterocycles. The van der Waals surface area contributed by atoms with Crippen LogP contribution in [0.2, 0.25) is 0 Å². The summed E-state index contributed by atoms with van der Waals surface area (Å²) in [5, 5.41) is 0. The second-order valence-corrected chi connectivity index (χ2v) is 9.70. The Kier molecular flexibility index (Phi) is 5.83. The van der Waals surface area contributed by atoms with E-state index in [4.69, 9.17) is 9.47 Å². The van der Waals surface area contributed by atoms with Crippen molar-refractivity contribution in [3.63, 3.8) is 0 Å². The molecule has 30 heavy (non-hydrogen) atoms. The van der Waals surface area contributed by atoms with E-state index >= 15 is 0 Å². The number of nitrogens with zero attached hydrogens (tertiary/aromatic N) is 2. The molecule has 0 aromatic heterocycles. The van der Waals surface area contributed by atoms with Crippen LogP contribution in [0.15, 0.2) is 35.9 Å². The lowest BCUT2D eigenvalue weighted by atomic mass is 9.95. The van der Waals surface area contributed by atoms with E-state index in [9.17, 15) is 4.79 Å². The van der Waals surface area contributed by atoms with Gasteiger partial charge < -0.3 is 14.4 Å². The molecule has 4 aliphatic rings. The van der Waals surface area contributed by atoms with E-state index in [1.54, 1.807) is 5.57 Å². The number of anilines is 1. The van der Waals surface area contributed by atoms with Gasteiger partial charge in [0.1, 0.15) is 5.75 Å². The van der Waals surface area contributed by atoms with Crippen LogP contribution >= 0.6 is 0 Å². The minimum Gasteiger partial charge on any atom is -0.482 e. The van der Waals surface area contributed by atoms with Gasteiger partial charge in [0.2, 0.25) is 0 Å². The topological polar surface area (TPSA) is 42.0 Å². The highest BCUT2D eigenvalue weighted by atomic mass is 16.5. The number of fused-ring (bicyclic) bond motifs is 3. The summed E-state index contributed by atoms with van der Waals surface area (Å²) in [5.41, 5.74) is 2.51. The van der Waals surface area contributed by atoms with Crippen LogP contribution in [-0.4, -0.2) is 55.8 Å². The van der Waals surface area contributed by atoms with Crippen molar-refractivity contribution < 1.29 is 14.3 Å². The zero-order valence-corrected chi connectivity index (χ0v) is 18.1. The normalized spacial score (nSPS) is 27.0. The lowest BCUT2D eigenvalue weighted by Gasteiger charge is -2.39. The van der Waals surface area contributed by atoms with E-state index in [1.807, 2.05) is 29.2 Å². The molecule has 1 aromatic rings. The molecule has 0 radical (unpaired) electrons. The van der Waals surface area contributed by atoms with Crippen molar-refractivity contribution in [2.24, 2.45) is 11.8 Å². The van der Waals surface area contributed by atoms with Gasteiger partial charge in [-0.25, -0.2) is 0 Å². The molecule has 162 valence electrons. The molecule has 5 heteroatoms. The number of hydrogen-bond acceptors (Lipinski definition) is 4. The van der Waals surface area contributed by atoms with E-state index in [2.05, 4.69) is 17.9 Å². The Balaban J connectivity index is 1.16. The van der Waals surface area contributed by atoms with Crippen molar-refractivity contribution in [2.75, 3.05) is 37.8 Å². The molecule has 1 aromatic carbocycles. The van der Waals surface area contributed by atoms with E-state index in [-0.39, 0.29) is 12.5 Å². The van der Waals surface area contributed by atoms with Crippen molar-refractivity contribution >= 4 is 11.6 Å². The van der Waals surface area contributed by atoms with Crippen LogP contribution in [0.4, 0.5) is 5.69 Å². The van der Waals surface area contributed by atoms with Crippen molar-refractivity contribution in [1.29, 1.82) is 0 Å². The smallest absolute Gasteiger partial charge is 0.265 e. The van der Waals surface area contributed by atoms with Gasteiger partial charge in [-0.3, -0.25) is 9.69 Å². The Bertz CT molecular complexity index is 787. The first-order valence-corrected chi connectivity index (χ1v) is 11.7. The van der Waals surface area contributed by atoms with Crippen LogP contribution in [0.5, 0.6) is 5.75 Å². The fourth-order valence-corrected chi connectivity index (χ4v) is 5.39. The Morgan fingerprint density at radius 1 is 1.13 bits per heavy atom. The molecule has 3 aliphatic heterocycles. The maximum atomic E-state index is 12.5. The van der Waals surface area contributed by atoms with Gasteiger partial charge in [-0.2, -0.15) is 0 Å². The molecule has 3 fully saturated rings. The fraction of sp³-hybridized carbons (Fsp3) is 0.640. The summed E-state index contributed by atoms with van der Waals surface area (Å²) in [6.45, 7) is 5.99. The van der Waals surface area contributed by atoms with Crippen LogP contribution in [0, 0.1) is 11.8 Å². The van der Waals surface area contributed by atoms with Crippen molar-refractivity contribution in [2.45, 2.75) is 57.5 Å². The number of piperidine rings is 1. The maximum absolute atomic E-state index is 12.5. The first-order valence-electron chi connectivity index (χ1n) is 11.7. The number of amides is 1. The Morgan fingerprint density at radius 2 is 1.90 bits per heavy atom. The van der Waals surface area contributed by atoms with Crippen LogP contribution in [0.25, 0.3) is 0 Å². The standard InChI is InChI=1S/C25H34N2O3/c1-18(15-27-23-4-2-3-5-24(23)30-17-25(27)28)14-26-21-8-9-22(26)13-20(12-21)10-11-29-16-19-6-7-19/h2-5,10,18-19,21-22H,6-9,11-17H2,1H3. The monoisotopic (exact) mass is 410 g/mol. The molecule has 5 nitrogen and oxygen atoms in total. The molecular formula is C25H34N2O3. The minimum atomic E-state index is 0.0681. The highest BCUT2D eigenvalue weighted by Crippen LogP contribution is 2.39. The number of para-hydroxylation sites is 2. The second kappa shape index (κ2) is 8.72. The van der Waals surface area contributed by atoms with Gasteiger partial charge in [0, 0.05) is 31.8 Å². The molecule has 2 bridgehead atoms. The number of benzene rings is 1. The first-order chi connectivity index (χ1) is 14.7. The van der Waals surface area contributed by atoms with Crippen molar-refractivity contribution in [3.8, 4) is 5.75 Å². The molecule has 0 spiro atoms. The Hall–Kier alpha value is -1.85.